The maximum atomic E-state index is 11.9. The number of rotatable bonds is 5. The normalized spacial score (nSPS) is 12.8. The molecule has 3 rings (SSSR count). The molecule has 0 unspecified atom stereocenters. The lowest BCUT2D eigenvalue weighted by atomic mass is 10.1. The van der Waals surface area contributed by atoms with Gasteiger partial charge in [-0.2, -0.15) is 0 Å². The van der Waals surface area contributed by atoms with Gasteiger partial charge in [-0.05, 0) is 29.7 Å². The van der Waals surface area contributed by atoms with Gasteiger partial charge in [-0.25, -0.2) is 0 Å². The second-order valence-electron chi connectivity index (χ2n) is 5.43. The van der Waals surface area contributed by atoms with Gasteiger partial charge >= 0.3 is 0 Å². The number of nitrogens with one attached hydrogen (secondary N) is 2. The summed E-state index contributed by atoms with van der Waals surface area (Å²) in [6.45, 7) is 0.585. The van der Waals surface area contributed by atoms with Gasteiger partial charge in [0.1, 0.15) is 5.75 Å². The van der Waals surface area contributed by atoms with E-state index in [9.17, 15) is 9.59 Å². The highest BCUT2D eigenvalue weighted by atomic mass is 16.5. The summed E-state index contributed by atoms with van der Waals surface area (Å²) in [6.07, 6.45) is 1.02. The average Bonchev–Trinajstić information content (AvgIpc) is 2.58. The minimum absolute atomic E-state index is 0.00635. The molecule has 0 radical (unpaired) electrons. The lowest BCUT2D eigenvalue weighted by Crippen LogP contribution is -2.25. The molecule has 0 fully saturated rings. The summed E-state index contributed by atoms with van der Waals surface area (Å²) < 4.78 is 5.31. The summed E-state index contributed by atoms with van der Waals surface area (Å²) in [4.78, 5) is 23.2. The largest absolute Gasteiger partial charge is 0.482 e. The highest BCUT2D eigenvalue weighted by Gasteiger charge is 2.16. The Morgan fingerprint density at radius 1 is 1.13 bits per heavy atom. The van der Waals surface area contributed by atoms with Gasteiger partial charge in [-0.3, -0.25) is 9.59 Å². The predicted octanol–water partition coefficient (Wildman–Crippen LogP) is 2.27. The SMILES string of the molecule is O=C(CCc1ccc2c(c1)NC(=O)CO2)NCc1ccccc1. The monoisotopic (exact) mass is 310 g/mol. The standard InChI is InChI=1S/C18H18N2O3/c21-17(19-11-14-4-2-1-3-5-14)9-7-13-6-8-16-15(10-13)20-18(22)12-23-16/h1-6,8,10H,7,9,11-12H2,(H,19,21)(H,20,22). The number of anilines is 1. The van der Waals surface area contributed by atoms with E-state index < -0.39 is 0 Å². The van der Waals surface area contributed by atoms with Gasteiger partial charge in [0.25, 0.3) is 5.91 Å². The Morgan fingerprint density at radius 2 is 1.96 bits per heavy atom. The molecule has 0 aliphatic carbocycles. The summed E-state index contributed by atoms with van der Waals surface area (Å²) >= 11 is 0. The number of carbonyl (C=O) groups is 2. The first kappa shape index (κ1) is 15.1. The molecule has 0 bridgehead atoms. The molecule has 0 atom stereocenters. The van der Waals surface area contributed by atoms with Crippen LogP contribution in [0.3, 0.4) is 0 Å². The summed E-state index contributed by atoms with van der Waals surface area (Å²) in [5.74, 6) is 0.518. The van der Waals surface area contributed by atoms with Crippen molar-refractivity contribution in [2.75, 3.05) is 11.9 Å². The molecule has 1 aliphatic heterocycles. The summed E-state index contributed by atoms with van der Waals surface area (Å²) in [5.41, 5.74) is 2.74. The number of benzene rings is 2. The molecule has 2 aromatic carbocycles. The van der Waals surface area contributed by atoms with Crippen LogP contribution in [0.2, 0.25) is 0 Å². The zero-order valence-corrected chi connectivity index (χ0v) is 12.7. The molecule has 2 amide bonds. The fourth-order valence-corrected chi connectivity index (χ4v) is 2.43. The Balaban J connectivity index is 1.51. The third kappa shape index (κ3) is 4.10. The van der Waals surface area contributed by atoms with Crippen molar-refractivity contribution in [2.24, 2.45) is 0 Å². The van der Waals surface area contributed by atoms with Crippen molar-refractivity contribution in [2.45, 2.75) is 19.4 Å². The fourth-order valence-electron chi connectivity index (χ4n) is 2.43. The first-order valence-electron chi connectivity index (χ1n) is 7.57. The first-order chi connectivity index (χ1) is 11.2. The molecular formula is C18H18N2O3. The molecule has 5 heteroatoms. The minimum atomic E-state index is -0.157. The van der Waals surface area contributed by atoms with Gasteiger partial charge < -0.3 is 15.4 Å². The Kier molecular flexibility index (Phi) is 4.57. The van der Waals surface area contributed by atoms with Crippen molar-refractivity contribution >= 4 is 17.5 Å². The molecule has 2 aromatic rings. The van der Waals surface area contributed by atoms with Crippen LogP contribution in [-0.4, -0.2) is 18.4 Å². The molecule has 2 N–H and O–H groups in total. The first-order valence-corrected chi connectivity index (χ1v) is 7.57. The van der Waals surface area contributed by atoms with Crippen LogP contribution in [0.25, 0.3) is 0 Å². The smallest absolute Gasteiger partial charge is 0.262 e. The van der Waals surface area contributed by atoms with Crippen molar-refractivity contribution < 1.29 is 14.3 Å². The van der Waals surface area contributed by atoms with Crippen molar-refractivity contribution in [3.8, 4) is 5.75 Å². The van der Waals surface area contributed by atoms with Crippen molar-refractivity contribution in [3.05, 3.63) is 59.7 Å². The average molecular weight is 310 g/mol. The van der Waals surface area contributed by atoms with E-state index in [4.69, 9.17) is 4.74 Å². The van der Waals surface area contributed by atoms with E-state index in [2.05, 4.69) is 10.6 Å². The van der Waals surface area contributed by atoms with Gasteiger partial charge in [0.15, 0.2) is 6.61 Å². The van der Waals surface area contributed by atoms with Crippen LogP contribution in [0.15, 0.2) is 48.5 Å². The van der Waals surface area contributed by atoms with Gasteiger partial charge in [0.05, 0.1) is 5.69 Å². The maximum absolute atomic E-state index is 11.9. The Bertz CT molecular complexity index is 713. The number of carbonyl (C=O) groups excluding carboxylic acids is 2. The second kappa shape index (κ2) is 6.96. The summed E-state index contributed by atoms with van der Waals surface area (Å²) in [7, 11) is 0. The fraction of sp³-hybridized carbons (Fsp3) is 0.222. The van der Waals surface area contributed by atoms with Crippen LogP contribution in [0.5, 0.6) is 5.75 Å². The van der Waals surface area contributed by atoms with Crippen molar-refractivity contribution in [1.29, 1.82) is 0 Å². The third-order valence-electron chi connectivity index (χ3n) is 3.65. The minimum Gasteiger partial charge on any atom is -0.482 e. The molecule has 5 nitrogen and oxygen atoms in total. The van der Waals surface area contributed by atoms with Crippen LogP contribution >= 0.6 is 0 Å². The van der Waals surface area contributed by atoms with E-state index in [1.165, 1.54) is 0 Å². The van der Waals surface area contributed by atoms with E-state index in [1.807, 2.05) is 48.5 Å². The molecule has 0 spiro atoms. The quantitative estimate of drug-likeness (QED) is 0.890. The predicted molar refractivity (Wildman–Crippen MR) is 87.2 cm³/mol. The van der Waals surface area contributed by atoms with Crippen LogP contribution in [0, 0.1) is 0 Å². The number of fused-ring (bicyclic) bond motifs is 1. The Morgan fingerprint density at radius 3 is 2.78 bits per heavy atom. The zero-order chi connectivity index (χ0) is 16.1. The Hall–Kier alpha value is -2.82. The van der Waals surface area contributed by atoms with Gasteiger partial charge in [0, 0.05) is 13.0 Å². The van der Waals surface area contributed by atoms with E-state index in [0.717, 1.165) is 11.1 Å². The Labute approximate surface area is 134 Å². The third-order valence-corrected chi connectivity index (χ3v) is 3.65. The lowest BCUT2D eigenvalue weighted by Gasteiger charge is -2.18. The maximum Gasteiger partial charge on any atom is 0.262 e. The molecule has 1 heterocycles. The van der Waals surface area contributed by atoms with E-state index >= 15 is 0 Å². The molecule has 1 aliphatic rings. The van der Waals surface area contributed by atoms with Crippen molar-refractivity contribution in [1.82, 2.24) is 5.32 Å². The molecule has 23 heavy (non-hydrogen) atoms. The zero-order valence-electron chi connectivity index (χ0n) is 12.7. The molecule has 0 aromatic heterocycles. The molecular weight excluding hydrogens is 292 g/mol. The lowest BCUT2D eigenvalue weighted by molar-refractivity contribution is -0.121. The van der Waals surface area contributed by atoms with Gasteiger partial charge in [-0.1, -0.05) is 36.4 Å². The summed E-state index contributed by atoms with van der Waals surface area (Å²) in [5, 5.41) is 5.68. The number of hydrogen-bond acceptors (Lipinski definition) is 3. The number of hydrogen-bond donors (Lipinski definition) is 2. The van der Waals surface area contributed by atoms with Gasteiger partial charge in [-0.15, -0.1) is 0 Å². The van der Waals surface area contributed by atoms with Gasteiger partial charge in [0.2, 0.25) is 5.91 Å². The molecule has 0 saturated heterocycles. The topological polar surface area (TPSA) is 67.4 Å². The van der Waals surface area contributed by atoms with E-state index in [0.29, 0.717) is 30.8 Å². The van der Waals surface area contributed by atoms with Crippen LogP contribution in [-0.2, 0) is 22.6 Å². The number of amides is 2. The van der Waals surface area contributed by atoms with Crippen molar-refractivity contribution in [3.63, 3.8) is 0 Å². The van der Waals surface area contributed by atoms with E-state index in [1.54, 1.807) is 0 Å². The molecule has 0 saturated carbocycles. The van der Waals surface area contributed by atoms with E-state index in [-0.39, 0.29) is 18.4 Å². The second-order valence-corrected chi connectivity index (χ2v) is 5.43. The van der Waals surface area contributed by atoms with Crippen LogP contribution in [0.4, 0.5) is 5.69 Å². The summed E-state index contributed by atoms with van der Waals surface area (Å²) in [6, 6.07) is 15.4. The number of aryl methyl sites for hydroxylation is 1. The van der Waals surface area contributed by atoms with Crippen LogP contribution in [0.1, 0.15) is 17.5 Å². The number of ether oxygens (including phenoxy) is 1. The molecule has 118 valence electrons. The highest BCUT2D eigenvalue weighted by Crippen LogP contribution is 2.28. The van der Waals surface area contributed by atoms with Crippen LogP contribution < -0.4 is 15.4 Å². The highest BCUT2D eigenvalue weighted by molar-refractivity contribution is 5.95.